The maximum atomic E-state index is 12.9. The monoisotopic (exact) mass is 428 g/mol. The van der Waals surface area contributed by atoms with E-state index in [9.17, 15) is 13.2 Å². The zero-order valence-corrected chi connectivity index (χ0v) is 18.2. The molecule has 0 radical (unpaired) electrons. The van der Waals surface area contributed by atoms with Crippen LogP contribution < -0.4 is 4.72 Å². The second kappa shape index (κ2) is 9.45. The number of aryl methyl sites for hydroxylation is 1. The van der Waals surface area contributed by atoms with Crippen molar-refractivity contribution < 1.29 is 17.9 Å². The van der Waals surface area contributed by atoms with Crippen molar-refractivity contribution in [2.75, 3.05) is 24.9 Å². The number of likely N-dealkylation sites (tertiary alicyclic amines) is 1. The summed E-state index contributed by atoms with van der Waals surface area (Å²) >= 11 is 0. The average Bonchev–Trinajstić information content (AvgIpc) is 2.75. The number of para-hydroxylation sites is 1. The van der Waals surface area contributed by atoms with Gasteiger partial charge in [-0.15, -0.1) is 6.58 Å². The molecule has 1 heterocycles. The number of rotatable bonds is 7. The molecule has 0 amide bonds. The maximum Gasteiger partial charge on any atom is 0.308 e. The highest BCUT2D eigenvalue weighted by atomic mass is 32.2. The summed E-state index contributed by atoms with van der Waals surface area (Å²) in [5.74, 6) is -0.261. The molecule has 1 N–H and O–H groups in total. The third-order valence-electron chi connectivity index (χ3n) is 5.54. The van der Waals surface area contributed by atoms with Crippen LogP contribution in [0.25, 0.3) is 0 Å². The predicted molar refractivity (Wildman–Crippen MR) is 118 cm³/mol. The van der Waals surface area contributed by atoms with Gasteiger partial charge in [0.05, 0.1) is 29.7 Å². The summed E-state index contributed by atoms with van der Waals surface area (Å²) < 4.78 is 33.4. The lowest BCUT2D eigenvalue weighted by molar-refractivity contribution is -0.147. The third-order valence-corrected chi connectivity index (χ3v) is 6.92. The summed E-state index contributed by atoms with van der Waals surface area (Å²) in [7, 11) is -2.30. The minimum atomic E-state index is -3.71. The van der Waals surface area contributed by atoms with Crippen molar-refractivity contribution in [2.45, 2.75) is 30.7 Å². The molecular weight excluding hydrogens is 400 g/mol. The molecule has 0 unspecified atom stereocenters. The van der Waals surface area contributed by atoms with Crippen molar-refractivity contribution >= 4 is 21.7 Å². The lowest BCUT2D eigenvalue weighted by atomic mass is 9.94. The van der Waals surface area contributed by atoms with Crippen LogP contribution in [-0.4, -0.2) is 39.5 Å². The topological polar surface area (TPSA) is 75.7 Å². The molecule has 1 fully saturated rings. The number of carbonyl (C=O) groups excluding carboxylic acids is 1. The van der Waals surface area contributed by atoms with Gasteiger partial charge in [-0.2, -0.15) is 0 Å². The summed E-state index contributed by atoms with van der Waals surface area (Å²) in [6, 6.07) is 13.9. The molecule has 1 saturated heterocycles. The molecular formula is C23H28N2O4S. The Labute approximate surface area is 178 Å². The zero-order valence-electron chi connectivity index (χ0n) is 17.4. The third kappa shape index (κ3) is 4.91. The van der Waals surface area contributed by atoms with Crippen molar-refractivity contribution in [1.82, 2.24) is 4.90 Å². The highest BCUT2D eigenvalue weighted by molar-refractivity contribution is 7.92. The number of carbonyl (C=O) groups is 1. The van der Waals surface area contributed by atoms with Gasteiger partial charge in [-0.1, -0.05) is 42.0 Å². The van der Waals surface area contributed by atoms with Crippen molar-refractivity contribution in [1.29, 1.82) is 0 Å². The first-order valence-corrected chi connectivity index (χ1v) is 11.5. The normalized spacial score (nSPS) is 16.6. The SMILES string of the molecule is C=C[C@@H](c1ccccc1NS(=O)(=O)c1ccc(C)cc1)N1CCC(C(=O)OC)CC1. The molecule has 0 aromatic heterocycles. The Morgan fingerprint density at radius 1 is 1.17 bits per heavy atom. The Hall–Kier alpha value is -2.64. The van der Waals surface area contributed by atoms with E-state index in [-0.39, 0.29) is 22.8 Å². The van der Waals surface area contributed by atoms with Crippen LogP contribution in [0, 0.1) is 12.8 Å². The van der Waals surface area contributed by atoms with Crippen LogP contribution >= 0.6 is 0 Å². The maximum absolute atomic E-state index is 12.9. The van der Waals surface area contributed by atoms with Crippen molar-refractivity contribution in [3.05, 3.63) is 72.3 Å². The molecule has 3 rings (SSSR count). The van der Waals surface area contributed by atoms with E-state index in [4.69, 9.17) is 4.74 Å². The van der Waals surface area contributed by atoms with Gasteiger partial charge >= 0.3 is 5.97 Å². The van der Waals surface area contributed by atoms with Crippen molar-refractivity contribution in [3.8, 4) is 0 Å². The molecule has 1 aliphatic heterocycles. The van der Waals surface area contributed by atoms with Gasteiger partial charge in [-0.05, 0) is 56.6 Å². The van der Waals surface area contributed by atoms with E-state index in [0.717, 1.165) is 11.1 Å². The molecule has 0 spiro atoms. The Kier molecular flexibility index (Phi) is 6.95. The number of benzene rings is 2. The van der Waals surface area contributed by atoms with E-state index >= 15 is 0 Å². The fourth-order valence-corrected chi connectivity index (χ4v) is 4.91. The van der Waals surface area contributed by atoms with E-state index in [0.29, 0.717) is 31.6 Å². The lowest BCUT2D eigenvalue weighted by Crippen LogP contribution is -2.38. The van der Waals surface area contributed by atoms with E-state index in [1.165, 1.54) is 7.11 Å². The number of methoxy groups -OCH3 is 1. The number of sulfonamides is 1. The average molecular weight is 429 g/mol. The number of hydrogen-bond acceptors (Lipinski definition) is 5. The number of anilines is 1. The van der Waals surface area contributed by atoms with Crippen LogP contribution in [0.1, 0.15) is 30.0 Å². The Balaban J connectivity index is 1.82. The molecule has 2 aromatic carbocycles. The highest BCUT2D eigenvalue weighted by Gasteiger charge is 2.30. The minimum Gasteiger partial charge on any atom is -0.469 e. The quantitative estimate of drug-likeness (QED) is 0.535. The van der Waals surface area contributed by atoms with Gasteiger partial charge in [0.1, 0.15) is 0 Å². The summed E-state index contributed by atoms with van der Waals surface area (Å²) in [4.78, 5) is 14.2. The minimum absolute atomic E-state index is 0.0907. The zero-order chi connectivity index (χ0) is 21.7. The Bertz CT molecular complexity index is 994. The molecule has 0 saturated carbocycles. The summed E-state index contributed by atoms with van der Waals surface area (Å²) in [5, 5.41) is 0. The second-order valence-electron chi connectivity index (χ2n) is 7.52. The number of ether oxygens (including phenoxy) is 1. The number of nitrogens with zero attached hydrogens (tertiary/aromatic N) is 1. The molecule has 1 aliphatic rings. The van der Waals surface area contributed by atoms with Gasteiger partial charge in [0.25, 0.3) is 10.0 Å². The number of esters is 1. The smallest absolute Gasteiger partial charge is 0.308 e. The number of nitrogens with one attached hydrogen (secondary N) is 1. The van der Waals surface area contributed by atoms with E-state index < -0.39 is 10.0 Å². The molecule has 1 atom stereocenters. The van der Waals surface area contributed by atoms with Crippen LogP contribution in [0.5, 0.6) is 0 Å². The van der Waals surface area contributed by atoms with Crippen LogP contribution in [0.15, 0.2) is 66.1 Å². The number of piperidine rings is 1. The highest BCUT2D eigenvalue weighted by Crippen LogP contribution is 2.33. The van der Waals surface area contributed by atoms with Gasteiger partial charge in [0.15, 0.2) is 0 Å². The molecule has 6 nitrogen and oxygen atoms in total. The van der Waals surface area contributed by atoms with Crippen molar-refractivity contribution in [3.63, 3.8) is 0 Å². The first kappa shape index (κ1) is 22.1. The van der Waals surface area contributed by atoms with E-state index in [1.807, 2.05) is 25.1 Å². The van der Waals surface area contributed by atoms with Crippen LogP contribution in [0.2, 0.25) is 0 Å². The Morgan fingerprint density at radius 2 is 1.80 bits per heavy atom. The standard InChI is InChI=1S/C23H28N2O4S/c1-4-22(25-15-13-18(14-16-25)23(26)29-3)20-7-5-6-8-21(20)24-30(27,28)19-11-9-17(2)10-12-19/h4-12,18,22,24H,1,13-16H2,2-3H3/t22-/m0/s1. The van der Waals surface area contributed by atoms with Crippen LogP contribution in [0.4, 0.5) is 5.69 Å². The summed E-state index contributed by atoms with van der Waals surface area (Å²) in [5.41, 5.74) is 2.36. The van der Waals surface area contributed by atoms with Gasteiger partial charge < -0.3 is 4.74 Å². The fourth-order valence-electron chi connectivity index (χ4n) is 3.82. The molecule has 7 heteroatoms. The fraction of sp³-hybridized carbons (Fsp3) is 0.348. The molecule has 2 aromatic rings. The molecule has 0 aliphatic carbocycles. The lowest BCUT2D eigenvalue weighted by Gasteiger charge is -2.36. The molecule has 30 heavy (non-hydrogen) atoms. The number of hydrogen-bond donors (Lipinski definition) is 1. The van der Waals surface area contributed by atoms with Gasteiger partial charge in [0.2, 0.25) is 0 Å². The summed E-state index contributed by atoms with van der Waals surface area (Å²) in [6.45, 7) is 7.30. The van der Waals surface area contributed by atoms with Gasteiger partial charge in [-0.3, -0.25) is 14.4 Å². The van der Waals surface area contributed by atoms with E-state index in [1.54, 1.807) is 36.4 Å². The molecule has 0 bridgehead atoms. The van der Waals surface area contributed by atoms with Crippen LogP contribution in [0.3, 0.4) is 0 Å². The first-order valence-electron chi connectivity index (χ1n) is 9.98. The largest absolute Gasteiger partial charge is 0.469 e. The molecule has 160 valence electrons. The van der Waals surface area contributed by atoms with Crippen molar-refractivity contribution in [2.24, 2.45) is 5.92 Å². The van der Waals surface area contributed by atoms with Gasteiger partial charge in [-0.25, -0.2) is 8.42 Å². The predicted octanol–water partition coefficient (Wildman–Crippen LogP) is 3.91. The van der Waals surface area contributed by atoms with E-state index in [2.05, 4.69) is 16.2 Å². The van der Waals surface area contributed by atoms with Gasteiger partial charge in [0, 0.05) is 0 Å². The Morgan fingerprint density at radius 3 is 2.40 bits per heavy atom. The summed E-state index contributed by atoms with van der Waals surface area (Å²) in [6.07, 6.45) is 3.22. The van der Waals surface area contributed by atoms with Crippen LogP contribution in [-0.2, 0) is 19.6 Å². The first-order chi connectivity index (χ1) is 14.4. The second-order valence-corrected chi connectivity index (χ2v) is 9.20.